The van der Waals surface area contributed by atoms with Crippen LogP contribution < -0.4 is 10.1 Å². The van der Waals surface area contributed by atoms with Gasteiger partial charge in [0.15, 0.2) is 0 Å². The monoisotopic (exact) mass is 265 g/mol. The molecule has 1 atom stereocenters. The van der Waals surface area contributed by atoms with Crippen LogP contribution in [0.3, 0.4) is 0 Å². The fourth-order valence-corrected chi connectivity index (χ4v) is 2.10. The van der Waals surface area contributed by atoms with E-state index in [1.807, 2.05) is 26.8 Å². The van der Waals surface area contributed by atoms with Crippen LogP contribution in [0.15, 0.2) is 6.07 Å². The highest BCUT2D eigenvalue weighted by Gasteiger charge is 2.12. The molecule has 0 aliphatic carbocycles. The first-order chi connectivity index (χ1) is 8.88. The number of hydrogen-bond acceptors (Lipinski definition) is 3. The van der Waals surface area contributed by atoms with Gasteiger partial charge in [-0.05, 0) is 49.9 Å². The minimum Gasteiger partial charge on any atom is -0.496 e. The minimum absolute atomic E-state index is 0.326. The lowest BCUT2D eigenvalue weighted by Crippen LogP contribution is -2.15. The number of benzene rings is 1. The maximum Gasteiger partial charge on any atom is 0.306 e. The lowest BCUT2D eigenvalue weighted by Gasteiger charge is -2.17. The van der Waals surface area contributed by atoms with Crippen molar-refractivity contribution >= 4 is 11.7 Å². The number of carboxylic acids is 1. The van der Waals surface area contributed by atoms with Gasteiger partial charge in [0, 0.05) is 12.2 Å². The van der Waals surface area contributed by atoms with E-state index in [0.717, 1.165) is 28.1 Å². The standard InChI is InChI=1S/C15H23NO3/c1-9(15(17)18)6-7-16-13-8-10(2)14(19-5)12(4)11(13)3/h8-9,16H,6-7H2,1-5H3,(H,17,18). The van der Waals surface area contributed by atoms with E-state index in [0.29, 0.717) is 13.0 Å². The molecule has 1 rings (SSSR count). The van der Waals surface area contributed by atoms with Crippen LogP contribution >= 0.6 is 0 Å². The van der Waals surface area contributed by atoms with Gasteiger partial charge in [-0.3, -0.25) is 4.79 Å². The topological polar surface area (TPSA) is 58.6 Å². The molecule has 0 amide bonds. The third-order valence-corrected chi connectivity index (χ3v) is 3.54. The minimum atomic E-state index is -0.749. The first-order valence-corrected chi connectivity index (χ1v) is 6.50. The Bertz CT molecular complexity index is 469. The molecule has 0 aliphatic rings. The molecule has 2 N–H and O–H groups in total. The summed E-state index contributed by atoms with van der Waals surface area (Å²) in [5, 5.41) is 12.2. The molecule has 1 unspecified atom stereocenters. The first-order valence-electron chi connectivity index (χ1n) is 6.50. The molecular formula is C15H23NO3. The predicted octanol–water partition coefficient (Wildman–Crippen LogP) is 3.14. The van der Waals surface area contributed by atoms with Crippen LogP contribution in [0.1, 0.15) is 30.0 Å². The van der Waals surface area contributed by atoms with Gasteiger partial charge in [-0.2, -0.15) is 0 Å². The third-order valence-electron chi connectivity index (χ3n) is 3.54. The summed E-state index contributed by atoms with van der Waals surface area (Å²) in [7, 11) is 1.68. The largest absolute Gasteiger partial charge is 0.496 e. The molecular weight excluding hydrogens is 242 g/mol. The van der Waals surface area contributed by atoms with Crippen molar-refractivity contribution in [1.82, 2.24) is 0 Å². The van der Waals surface area contributed by atoms with Crippen LogP contribution in [-0.2, 0) is 4.79 Å². The van der Waals surface area contributed by atoms with E-state index in [9.17, 15) is 4.79 Å². The van der Waals surface area contributed by atoms with E-state index in [4.69, 9.17) is 9.84 Å². The number of aliphatic carboxylic acids is 1. The molecule has 19 heavy (non-hydrogen) atoms. The van der Waals surface area contributed by atoms with Gasteiger partial charge in [-0.1, -0.05) is 6.92 Å². The smallest absolute Gasteiger partial charge is 0.306 e. The summed E-state index contributed by atoms with van der Waals surface area (Å²) in [6.45, 7) is 8.46. The quantitative estimate of drug-likeness (QED) is 0.829. The highest BCUT2D eigenvalue weighted by Crippen LogP contribution is 2.31. The Morgan fingerprint density at radius 3 is 2.53 bits per heavy atom. The Balaban J connectivity index is 2.77. The fourth-order valence-electron chi connectivity index (χ4n) is 2.10. The highest BCUT2D eigenvalue weighted by atomic mass is 16.5. The van der Waals surface area contributed by atoms with Crippen molar-refractivity contribution in [2.45, 2.75) is 34.1 Å². The summed E-state index contributed by atoms with van der Waals surface area (Å²) in [5.74, 6) is -0.157. The summed E-state index contributed by atoms with van der Waals surface area (Å²) in [4.78, 5) is 10.8. The molecule has 0 heterocycles. The van der Waals surface area contributed by atoms with Crippen molar-refractivity contribution in [2.75, 3.05) is 19.0 Å². The van der Waals surface area contributed by atoms with Crippen LogP contribution in [0.5, 0.6) is 5.75 Å². The van der Waals surface area contributed by atoms with Gasteiger partial charge in [-0.25, -0.2) is 0 Å². The zero-order chi connectivity index (χ0) is 14.6. The van der Waals surface area contributed by atoms with Gasteiger partial charge in [0.1, 0.15) is 5.75 Å². The molecule has 0 fully saturated rings. The van der Waals surface area contributed by atoms with Gasteiger partial charge in [-0.15, -0.1) is 0 Å². The lowest BCUT2D eigenvalue weighted by molar-refractivity contribution is -0.141. The third kappa shape index (κ3) is 3.63. The summed E-state index contributed by atoms with van der Waals surface area (Å²) in [5.41, 5.74) is 4.40. The first kappa shape index (κ1) is 15.3. The second-order valence-electron chi connectivity index (χ2n) is 4.98. The Hall–Kier alpha value is -1.71. The number of anilines is 1. The van der Waals surface area contributed by atoms with Crippen molar-refractivity contribution in [1.29, 1.82) is 0 Å². The second-order valence-corrected chi connectivity index (χ2v) is 4.98. The fraction of sp³-hybridized carbons (Fsp3) is 0.533. The Labute approximate surface area is 114 Å². The van der Waals surface area contributed by atoms with Gasteiger partial charge < -0.3 is 15.2 Å². The van der Waals surface area contributed by atoms with E-state index >= 15 is 0 Å². The summed E-state index contributed by atoms with van der Waals surface area (Å²) in [6, 6.07) is 2.05. The molecule has 4 nitrogen and oxygen atoms in total. The van der Waals surface area contributed by atoms with E-state index in [2.05, 4.69) is 5.32 Å². The molecule has 0 radical (unpaired) electrons. The second kappa shape index (κ2) is 6.45. The lowest BCUT2D eigenvalue weighted by atomic mass is 10.0. The molecule has 106 valence electrons. The van der Waals surface area contributed by atoms with E-state index in [1.54, 1.807) is 14.0 Å². The van der Waals surface area contributed by atoms with Crippen LogP contribution in [0.4, 0.5) is 5.69 Å². The van der Waals surface area contributed by atoms with Crippen molar-refractivity contribution in [3.05, 3.63) is 22.8 Å². The van der Waals surface area contributed by atoms with Gasteiger partial charge in [0.2, 0.25) is 0 Å². The van der Waals surface area contributed by atoms with Gasteiger partial charge in [0.25, 0.3) is 0 Å². The molecule has 1 aromatic carbocycles. The highest BCUT2D eigenvalue weighted by molar-refractivity contribution is 5.69. The average Bonchev–Trinajstić information content (AvgIpc) is 2.35. The molecule has 0 bridgehead atoms. The molecule has 1 aromatic rings. The van der Waals surface area contributed by atoms with Gasteiger partial charge >= 0.3 is 5.97 Å². The summed E-state index contributed by atoms with van der Waals surface area (Å²) < 4.78 is 5.38. The molecule has 4 heteroatoms. The normalized spacial score (nSPS) is 12.1. The maximum absolute atomic E-state index is 10.8. The SMILES string of the molecule is COc1c(C)cc(NCCC(C)C(=O)O)c(C)c1C. The molecule has 0 aromatic heterocycles. The maximum atomic E-state index is 10.8. The Kier molecular flexibility index (Phi) is 5.21. The average molecular weight is 265 g/mol. The van der Waals surface area contributed by atoms with Crippen molar-refractivity contribution in [3.8, 4) is 5.75 Å². The molecule has 0 aliphatic heterocycles. The van der Waals surface area contributed by atoms with E-state index < -0.39 is 5.97 Å². The van der Waals surface area contributed by atoms with Gasteiger partial charge in [0.05, 0.1) is 13.0 Å². The van der Waals surface area contributed by atoms with Crippen molar-refractivity contribution in [2.24, 2.45) is 5.92 Å². The zero-order valence-corrected chi connectivity index (χ0v) is 12.3. The summed E-state index contributed by atoms with van der Waals surface area (Å²) >= 11 is 0. The summed E-state index contributed by atoms with van der Waals surface area (Å²) in [6.07, 6.45) is 0.610. The van der Waals surface area contributed by atoms with Crippen LogP contribution in [-0.4, -0.2) is 24.7 Å². The Morgan fingerprint density at radius 2 is 2.00 bits per heavy atom. The Morgan fingerprint density at radius 1 is 1.37 bits per heavy atom. The van der Waals surface area contributed by atoms with E-state index in [-0.39, 0.29) is 5.92 Å². The van der Waals surface area contributed by atoms with Crippen LogP contribution in [0.25, 0.3) is 0 Å². The number of hydrogen-bond donors (Lipinski definition) is 2. The number of carboxylic acid groups (broad SMARTS) is 1. The number of rotatable bonds is 6. The predicted molar refractivity (Wildman–Crippen MR) is 77.1 cm³/mol. The molecule has 0 saturated carbocycles. The number of nitrogens with one attached hydrogen (secondary N) is 1. The number of ether oxygens (including phenoxy) is 1. The number of aryl methyl sites for hydroxylation is 1. The van der Waals surface area contributed by atoms with Crippen LogP contribution in [0, 0.1) is 26.7 Å². The molecule has 0 spiro atoms. The van der Waals surface area contributed by atoms with Crippen molar-refractivity contribution in [3.63, 3.8) is 0 Å². The van der Waals surface area contributed by atoms with E-state index in [1.165, 1.54) is 0 Å². The zero-order valence-electron chi connectivity index (χ0n) is 12.3. The van der Waals surface area contributed by atoms with Crippen LogP contribution in [0.2, 0.25) is 0 Å². The molecule has 0 saturated heterocycles. The number of carbonyl (C=O) groups is 1. The van der Waals surface area contributed by atoms with Crippen molar-refractivity contribution < 1.29 is 14.6 Å². The number of methoxy groups -OCH3 is 1.